The lowest BCUT2D eigenvalue weighted by Gasteiger charge is -2.25. The van der Waals surface area contributed by atoms with E-state index in [9.17, 15) is 21.6 Å². The first-order valence-electron chi connectivity index (χ1n) is 9.40. The first-order valence-corrected chi connectivity index (χ1v) is 10.8. The molecule has 0 aromatic carbocycles. The maximum absolute atomic E-state index is 13.1. The molecule has 0 unspecified atom stereocenters. The standard InChI is InChI=1S/C18H27F3N2O2S/c1-13-5-4-8-17-16(13)12-23(26(24,25)18(19,20)21)11-15(22-17)10-9-14-6-2-3-7-14/h8,14-15,22H,2-7,9-12H2,1H3/t15-/m0/s1. The van der Waals surface area contributed by atoms with Crippen LogP contribution in [0.5, 0.6) is 0 Å². The molecular formula is C18H27F3N2O2S. The quantitative estimate of drug-likeness (QED) is 0.785. The van der Waals surface area contributed by atoms with E-state index in [-0.39, 0.29) is 19.1 Å². The van der Waals surface area contributed by atoms with Crippen LogP contribution in [0, 0.1) is 5.92 Å². The van der Waals surface area contributed by atoms with Crippen molar-refractivity contribution in [2.45, 2.75) is 69.8 Å². The molecule has 1 atom stereocenters. The van der Waals surface area contributed by atoms with Crippen molar-refractivity contribution in [1.82, 2.24) is 9.62 Å². The maximum Gasteiger partial charge on any atom is 0.511 e. The van der Waals surface area contributed by atoms with E-state index in [2.05, 4.69) is 5.32 Å². The van der Waals surface area contributed by atoms with Crippen LogP contribution in [-0.4, -0.2) is 37.4 Å². The highest BCUT2D eigenvalue weighted by Crippen LogP contribution is 2.34. The Kier molecular flexibility index (Phi) is 5.72. The molecule has 1 heterocycles. The second kappa shape index (κ2) is 7.54. The van der Waals surface area contributed by atoms with Gasteiger partial charge in [-0.05, 0) is 44.1 Å². The summed E-state index contributed by atoms with van der Waals surface area (Å²) >= 11 is 0. The zero-order valence-corrected chi connectivity index (χ0v) is 15.9. The zero-order valence-electron chi connectivity index (χ0n) is 15.1. The minimum absolute atomic E-state index is 0.136. The maximum atomic E-state index is 13.1. The summed E-state index contributed by atoms with van der Waals surface area (Å²) in [7, 11) is -5.34. The van der Waals surface area contributed by atoms with Gasteiger partial charge in [0.2, 0.25) is 0 Å². The molecule has 0 aromatic rings. The van der Waals surface area contributed by atoms with Crippen molar-refractivity contribution >= 4 is 10.0 Å². The molecule has 1 saturated carbocycles. The van der Waals surface area contributed by atoms with Crippen molar-refractivity contribution in [3.63, 3.8) is 0 Å². The summed E-state index contributed by atoms with van der Waals surface area (Å²) in [5.74, 6) is 0.616. The van der Waals surface area contributed by atoms with E-state index in [0.29, 0.717) is 22.2 Å². The Labute approximate surface area is 153 Å². The third kappa shape index (κ3) is 4.11. The van der Waals surface area contributed by atoms with Crippen LogP contribution in [0.25, 0.3) is 0 Å². The highest BCUT2D eigenvalue weighted by atomic mass is 32.2. The molecule has 148 valence electrons. The van der Waals surface area contributed by atoms with Crippen LogP contribution in [0.3, 0.4) is 0 Å². The van der Waals surface area contributed by atoms with E-state index < -0.39 is 15.5 Å². The molecule has 0 spiro atoms. The predicted molar refractivity (Wildman–Crippen MR) is 94.7 cm³/mol. The molecule has 0 aromatic heterocycles. The number of nitrogens with zero attached hydrogens (tertiary/aromatic N) is 1. The lowest BCUT2D eigenvalue weighted by molar-refractivity contribution is -0.0487. The summed E-state index contributed by atoms with van der Waals surface area (Å²) in [6.07, 6.45) is 9.99. The third-order valence-corrected chi connectivity index (χ3v) is 7.40. The van der Waals surface area contributed by atoms with Gasteiger partial charge in [0.15, 0.2) is 0 Å². The number of hydrogen-bond donors (Lipinski definition) is 1. The minimum Gasteiger partial charge on any atom is -0.381 e. The van der Waals surface area contributed by atoms with Gasteiger partial charge in [-0.3, -0.25) is 0 Å². The fourth-order valence-corrected chi connectivity index (χ4v) is 5.25. The van der Waals surface area contributed by atoms with Crippen LogP contribution >= 0.6 is 0 Å². The minimum atomic E-state index is -5.34. The van der Waals surface area contributed by atoms with Gasteiger partial charge in [0, 0.05) is 24.8 Å². The lowest BCUT2D eigenvalue weighted by atomic mass is 9.95. The molecule has 26 heavy (non-hydrogen) atoms. The van der Waals surface area contributed by atoms with E-state index in [0.717, 1.165) is 30.5 Å². The predicted octanol–water partition coefficient (Wildman–Crippen LogP) is 4.07. The Morgan fingerprint density at radius 3 is 2.58 bits per heavy atom. The summed E-state index contributed by atoms with van der Waals surface area (Å²) < 4.78 is 64.2. The molecule has 4 nitrogen and oxygen atoms in total. The number of fused-ring (bicyclic) bond motifs is 1. The van der Waals surface area contributed by atoms with Crippen molar-refractivity contribution in [3.8, 4) is 0 Å². The van der Waals surface area contributed by atoms with Crippen LogP contribution in [0.2, 0.25) is 0 Å². The van der Waals surface area contributed by atoms with E-state index in [1.807, 2.05) is 13.0 Å². The van der Waals surface area contributed by atoms with Crippen molar-refractivity contribution in [2.75, 3.05) is 13.1 Å². The number of halogens is 3. The van der Waals surface area contributed by atoms with Crippen molar-refractivity contribution in [3.05, 3.63) is 22.9 Å². The molecule has 0 bridgehead atoms. The molecule has 0 amide bonds. The molecule has 3 rings (SSSR count). The van der Waals surface area contributed by atoms with Gasteiger partial charge >= 0.3 is 15.5 Å². The van der Waals surface area contributed by atoms with E-state index in [4.69, 9.17) is 0 Å². The van der Waals surface area contributed by atoms with Gasteiger partial charge in [0.1, 0.15) is 0 Å². The summed E-state index contributed by atoms with van der Waals surface area (Å²) in [4.78, 5) is 0. The van der Waals surface area contributed by atoms with E-state index >= 15 is 0 Å². The number of rotatable bonds is 4. The average Bonchev–Trinajstić information content (AvgIpc) is 2.99. The SMILES string of the molecule is CC1=C2CN(S(=O)(=O)C(F)(F)F)C[C@H](CCC3CCCC3)NC2=CCC1. The molecule has 2 fully saturated rings. The fraction of sp³-hybridized carbons (Fsp3) is 0.778. The topological polar surface area (TPSA) is 49.4 Å². The fourth-order valence-electron chi connectivity index (χ4n) is 4.28. The van der Waals surface area contributed by atoms with Crippen LogP contribution in [0.15, 0.2) is 22.9 Å². The summed E-state index contributed by atoms with van der Waals surface area (Å²) in [5.41, 5.74) is -2.77. The van der Waals surface area contributed by atoms with E-state index in [1.54, 1.807) is 0 Å². The molecule has 1 N–H and O–H groups in total. The van der Waals surface area contributed by atoms with Crippen LogP contribution in [0.4, 0.5) is 13.2 Å². The number of alkyl halides is 3. The monoisotopic (exact) mass is 392 g/mol. The second-order valence-corrected chi connectivity index (χ2v) is 9.66. The number of allylic oxidation sites excluding steroid dienone is 2. The van der Waals surface area contributed by atoms with Gasteiger partial charge in [-0.15, -0.1) is 0 Å². The Morgan fingerprint density at radius 1 is 1.23 bits per heavy atom. The summed E-state index contributed by atoms with van der Waals surface area (Å²) in [6.45, 7) is 1.54. The molecule has 8 heteroatoms. The Hall–Kier alpha value is -1.02. The number of sulfonamides is 1. The van der Waals surface area contributed by atoms with Crippen LogP contribution in [-0.2, 0) is 10.0 Å². The zero-order chi connectivity index (χ0) is 18.9. The smallest absolute Gasteiger partial charge is 0.381 e. The molecule has 1 aliphatic heterocycles. The Balaban J connectivity index is 1.83. The average molecular weight is 392 g/mol. The van der Waals surface area contributed by atoms with Gasteiger partial charge in [-0.2, -0.15) is 17.5 Å². The molecule has 3 aliphatic rings. The van der Waals surface area contributed by atoms with Crippen molar-refractivity contribution in [1.29, 1.82) is 0 Å². The van der Waals surface area contributed by atoms with Crippen molar-refractivity contribution < 1.29 is 21.6 Å². The largest absolute Gasteiger partial charge is 0.511 e. The highest BCUT2D eigenvalue weighted by Gasteiger charge is 2.51. The lowest BCUT2D eigenvalue weighted by Crippen LogP contribution is -2.45. The van der Waals surface area contributed by atoms with E-state index in [1.165, 1.54) is 25.7 Å². The molecule has 1 saturated heterocycles. The Morgan fingerprint density at radius 2 is 1.92 bits per heavy atom. The molecule has 2 aliphatic carbocycles. The van der Waals surface area contributed by atoms with Gasteiger partial charge < -0.3 is 5.32 Å². The molecular weight excluding hydrogens is 365 g/mol. The number of hydrogen-bond acceptors (Lipinski definition) is 3. The van der Waals surface area contributed by atoms with Crippen LogP contribution in [0.1, 0.15) is 58.3 Å². The van der Waals surface area contributed by atoms with Crippen LogP contribution < -0.4 is 5.32 Å². The number of nitrogens with one attached hydrogen (secondary N) is 1. The first kappa shape index (κ1) is 19.7. The summed E-state index contributed by atoms with van der Waals surface area (Å²) in [6, 6.07) is -0.289. The van der Waals surface area contributed by atoms with Crippen molar-refractivity contribution in [2.24, 2.45) is 5.92 Å². The van der Waals surface area contributed by atoms with Gasteiger partial charge in [0.05, 0.1) is 0 Å². The second-order valence-electron chi connectivity index (χ2n) is 7.73. The van der Waals surface area contributed by atoms with Gasteiger partial charge in [0.25, 0.3) is 0 Å². The summed E-state index contributed by atoms with van der Waals surface area (Å²) in [5, 5.41) is 3.36. The normalized spacial score (nSPS) is 26.3. The Bertz CT molecular complexity index is 692. The highest BCUT2D eigenvalue weighted by molar-refractivity contribution is 7.90. The van der Waals surface area contributed by atoms with Gasteiger partial charge in [-0.1, -0.05) is 37.3 Å². The first-order chi connectivity index (χ1) is 12.2. The van der Waals surface area contributed by atoms with Gasteiger partial charge in [-0.25, -0.2) is 8.42 Å². The molecule has 0 radical (unpaired) electrons. The third-order valence-electron chi connectivity index (χ3n) is 5.86.